The number of hydrogen-bond donors (Lipinski definition) is 0. The largest absolute Gasteiger partial charge is 0.454 e. The molecule has 1 fully saturated rings. The Morgan fingerprint density at radius 1 is 0.767 bits per heavy atom. The number of rotatable bonds is 7. The monoisotopic (exact) mass is 414 g/mol. The maximum Gasteiger partial charge on any atom is 0.231 e. The fourth-order valence-electron chi connectivity index (χ4n) is 4.63. The molecule has 1 saturated heterocycles. The number of methoxy groups -OCH3 is 2. The molecule has 3 aliphatic rings. The quantitative estimate of drug-likeness (QED) is 0.688. The lowest BCUT2D eigenvalue weighted by atomic mass is 9.84. The van der Waals surface area contributed by atoms with Gasteiger partial charge in [0.2, 0.25) is 13.6 Å². The topological polar surface area (TPSA) is 64.6 Å². The van der Waals surface area contributed by atoms with Gasteiger partial charge in [-0.2, -0.15) is 0 Å². The van der Waals surface area contributed by atoms with E-state index in [0.717, 1.165) is 40.5 Å². The van der Waals surface area contributed by atoms with E-state index in [4.69, 9.17) is 33.2 Å². The summed E-state index contributed by atoms with van der Waals surface area (Å²) in [6.45, 7) is 1.72. The smallest absolute Gasteiger partial charge is 0.231 e. The summed E-state index contributed by atoms with van der Waals surface area (Å²) in [5, 5.41) is 0. The van der Waals surface area contributed by atoms with Crippen molar-refractivity contribution in [1.29, 1.82) is 0 Å². The lowest BCUT2D eigenvalue weighted by molar-refractivity contribution is 0.0159. The Balaban J connectivity index is 1.42. The molecule has 2 aromatic carbocycles. The van der Waals surface area contributed by atoms with Crippen LogP contribution >= 0.6 is 0 Å². The SMILES string of the molecule is COC[C@@H]1[C@@H](COC)[C@H](c2ccc3c(c2)OCO3)O[C@@H]1Cc1ccc2c(c1)OCO2. The van der Waals surface area contributed by atoms with E-state index >= 15 is 0 Å². The van der Waals surface area contributed by atoms with Crippen molar-refractivity contribution in [3.05, 3.63) is 47.5 Å². The van der Waals surface area contributed by atoms with E-state index in [1.54, 1.807) is 14.2 Å². The van der Waals surface area contributed by atoms with Gasteiger partial charge in [-0.05, 0) is 41.8 Å². The summed E-state index contributed by atoms with van der Waals surface area (Å²) >= 11 is 0. The number of fused-ring (bicyclic) bond motifs is 2. The van der Waals surface area contributed by atoms with Gasteiger partial charge in [0.1, 0.15) is 0 Å². The first-order chi connectivity index (χ1) is 14.8. The minimum absolute atomic E-state index is 0.0131. The van der Waals surface area contributed by atoms with Crippen LogP contribution in [0.4, 0.5) is 0 Å². The first-order valence-corrected chi connectivity index (χ1v) is 10.2. The molecule has 7 heteroatoms. The van der Waals surface area contributed by atoms with Crippen LogP contribution < -0.4 is 18.9 Å². The molecule has 5 rings (SSSR count). The van der Waals surface area contributed by atoms with Crippen LogP contribution in [-0.4, -0.2) is 47.1 Å². The van der Waals surface area contributed by atoms with Crippen molar-refractivity contribution in [3.63, 3.8) is 0 Å². The molecule has 0 amide bonds. The number of hydrogen-bond acceptors (Lipinski definition) is 7. The predicted octanol–water partition coefficient (Wildman–Crippen LogP) is 3.35. The lowest BCUT2D eigenvalue weighted by Crippen LogP contribution is -2.29. The Kier molecular flexibility index (Phi) is 5.41. The van der Waals surface area contributed by atoms with E-state index < -0.39 is 0 Å². The van der Waals surface area contributed by atoms with E-state index in [2.05, 4.69) is 6.07 Å². The predicted molar refractivity (Wildman–Crippen MR) is 107 cm³/mol. The van der Waals surface area contributed by atoms with Crippen molar-refractivity contribution < 1.29 is 33.2 Å². The van der Waals surface area contributed by atoms with Crippen LogP contribution in [0.2, 0.25) is 0 Å². The average Bonchev–Trinajstić information content (AvgIpc) is 3.48. The van der Waals surface area contributed by atoms with Gasteiger partial charge in [0.15, 0.2) is 23.0 Å². The Morgan fingerprint density at radius 3 is 2.13 bits per heavy atom. The Labute approximate surface area is 175 Å². The van der Waals surface area contributed by atoms with Crippen molar-refractivity contribution >= 4 is 0 Å². The van der Waals surface area contributed by atoms with Gasteiger partial charge in [-0.1, -0.05) is 12.1 Å². The molecule has 0 unspecified atom stereocenters. The second-order valence-corrected chi connectivity index (χ2v) is 7.84. The fraction of sp³-hybridized carbons (Fsp3) is 0.478. The van der Waals surface area contributed by atoms with Gasteiger partial charge in [-0.3, -0.25) is 0 Å². The zero-order valence-corrected chi connectivity index (χ0v) is 17.2. The molecule has 30 heavy (non-hydrogen) atoms. The molecule has 3 aliphatic heterocycles. The third-order valence-electron chi connectivity index (χ3n) is 6.06. The maximum atomic E-state index is 6.63. The minimum Gasteiger partial charge on any atom is -0.454 e. The molecule has 0 radical (unpaired) electrons. The minimum atomic E-state index is -0.112. The Morgan fingerprint density at radius 2 is 1.40 bits per heavy atom. The van der Waals surface area contributed by atoms with Gasteiger partial charge in [0, 0.05) is 26.1 Å². The summed E-state index contributed by atoms with van der Waals surface area (Å²) in [6.07, 6.45) is 0.630. The summed E-state index contributed by atoms with van der Waals surface area (Å²) in [7, 11) is 3.46. The third kappa shape index (κ3) is 3.57. The number of ether oxygens (including phenoxy) is 7. The van der Waals surface area contributed by atoms with Gasteiger partial charge in [0.25, 0.3) is 0 Å². The molecule has 7 nitrogen and oxygen atoms in total. The highest BCUT2D eigenvalue weighted by Gasteiger charge is 2.45. The highest BCUT2D eigenvalue weighted by molar-refractivity contribution is 5.46. The molecule has 0 saturated carbocycles. The highest BCUT2D eigenvalue weighted by Crippen LogP contribution is 2.46. The van der Waals surface area contributed by atoms with Crippen LogP contribution in [0.3, 0.4) is 0 Å². The number of benzene rings is 2. The van der Waals surface area contributed by atoms with E-state index in [1.165, 1.54) is 0 Å². The fourth-order valence-corrected chi connectivity index (χ4v) is 4.63. The molecule has 3 heterocycles. The van der Waals surface area contributed by atoms with Gasteiger partial charge in [-0.15, -0.1) is 0 Å². The van der Waals surface area contributed by atoms with Gasteiger partial charge in [0.05, 0.1) is 25.4 Å². The first-order valence-electron chi connectivity index (χ1n) is 10.2. The molecule has 0 N–H and O–H groups in total. The van der Waals surface area contributed by atoms with Crippen LogP contribution in [0.1, 0.15) is 17.2 Å². The van der Waals surface area contributed by atoms with E-state index in [0.29, 0.717) is 13.2 Å². The summed E-state index contributed by atoms with van der Waals surface area (Å²) in [5.41, 5.74) is 2.21. The summed E-state index contributed by atoms with van der Waals surface area (Å²) in [5.74, 6) is 3.45. The third-order valence-corrected chi connectivity index (χ3v) is 6.06. The zero-order valence-electron chi connectivity index (χ0n) is 17.2. The summed E-state index contributed by atoms with van der Waals surface area (Å²) in [4.78, 5) is 0. The van der Waals surface area contributed by atoms with Crippen molar-refractivity contribution in [2.45, 2.75) is 18.6 Å². The molecular weight excluding hydrogens is 388 g/mol. The van der Waals surface area contributed by atoms with Crippen molar-refractivity contribution in [2.75, 3.05) is 41.0 Å². The molecule has 160 valence electrons. The van der Waals surface area contributed by atoms with Crippen molar-refractivity contribution in [3.8, 4) is 23.0 Å². The summed E-state index contributed by atoms with van der Waals surface area (Å²) < 4.78 is 39.8. The van der Waals surface area contributed by atoms with Crippen LogP contribution in [0.25, 0.3) is 0 Å². The van der Waals surface area contributed by atoms with Crippen LogP contribution in [0, 0.1) is 11.8 Å². The molecule has 0 spiro atoms. The van der Waals surface area contributed by atoms with Crippen molar-refractivity contribution in [2.24, 2.45) is 11.8 Å². The maximum absolute atomic E-state index is 6.63. The molecule has 0 bridgehead atoms. The molecule has 4 atom stereocenters. The Bertz CT molecular complexity index is 899. The van der Waals surface area contributed by atoms with E-state index in [9.17, 15) is 0 Å². The van der Waals surface area contributed by atoms with Crippen LogP contribution in [0.15, 0.2) is 36.4 Å². The van der Waals surface area contributed by atoms with Crippen LogP contribution in [-0.2, 0) is 20.6 Å². The van der Waals surface area contributed by atoms with Gasteiger partial charge in [-0.25, -0.2) is 0 Å². The lowest BCUT2D eigenvalue weighted by Gasteiger charge is -2.23. The Hall–Kier alpha value is -2.48. The van der Waals surface area contributed by atoms with Gasteiger partial charge < -0.3 is 33.2 Å². The first kappa shape index (κ1) is 19.5. The van der Waals surface area contributed by atoms with E-state index in [1.807, 2.05) is 30.3 Å². The normalized spacial score (nSPS) is 26.3. The second kappa shape index (κ2) is 8.34. The average molecular weight is 414 g/mol. The van der Waals surface area contributed by atoms with Crippen LogP contribution in [0.5, 0.6) is 23.0 Å². The molecular formula is C23H26O7. The standard InChI is InChI=1S/C23H26O7/c1-24-10-16-17(11-25-2)23(15-4-6-19-22(9-15)29-13-27-19)30-20(16)7-14-3-5-18-21(8-14)28-12-26-18/h3-6,8-9,16-17,20,23H,7,10-13H2,1-2H3/t16-,17-,20-,23+/m1/s1. The molecule has 0 aliphatic carbocycles. The molecule has 2 aromatic rings. The van der Waals surface area contributed by atoms with Gasteiger partial charge >= 0.3 is 0 Å². The molecule has 0 aromatic heterocycles. The highest BCUT2D eigenvalue weighted by atomic mass is 16.7. The summed E-state index contributed by atoms with van der Waals surface area (Å²) in [6, 6.07) is 12.1. The van der Waals surface area contributed by atoms with Crippen molar-refractivity contribution in [1.82, 2.24) is 0 Å². The van der Waals surface area contributed by atoms with E-state index in [-0.39, 0.29) is 37.6 Å². The zero-order chi connectivity index (χ0) is 20.5. The second-order valence-electron chi connectivity index (χ2n) is 7.84.